The van der Waals surface area contributed by atoms with E-state index in [9.17, 15) is 4.79 Å². The first kappa shape index (κ1) is 18.1. The Morgan fingerprint density at radius 1 is 1.12 bits per heavy atom. The summed E-state index contributed by atoms with van der Waals surface area (Å²) >= 11 is 3.42. The number of para-hydroxylation sites is 2. The van der Waals surface area contributed by atoms with Gasteiger partial charge in [0.25, 0.3) is 5.91 Å². The van der Waals surface area contributed by atoms with Crippen molar-refractivity contribution >= 4 is 21.8 Å². The van der Waals surface area contributed by atoms with Gasteiger partial charge in [-0.1, -0.05) is 28.1 Å². The lowest BCUT2D eigenvalue weighted by Gasteiger charge is -2.11. The molecule has 0 aliphatic carbocycles. The molecular formula is C18H20BrNO4. The molecule has 2 rings (SSSR count). The van der Waals surface area contributed by atoms with Crippen molar-refractivity contribution in [1.29, 1.82) is 0 Å². The molecule has 0 spiro atoms. The standard InChI is InChI=1S/C18H20BrNO4/c1-13-11-14(7-8-15(13)19)24-12-18(21)20-9-10-23-17-6-4-3-5-16(17)22-2/h3-8,11H,9-10,12H2,1-2H3,(H,20,21). The molecule has 0 radical (unpaired) electrons. The molecule has 5 nitrogen and oxygen atoms in total. The molecule has 1 amide bonds. The molecule has 0 heterocycles. The van der Waals surface area contributed by atoms with Gasteiger partial charge in [-0.3, -0.25) is 4.79 Å². The molecule has 0 aliphatic heterocycles. The number of ether oxygens (including phenoxy) is 3. The Labute approximate surface area is 150 Å². The van der Waals surface area contributed by atoms with Gasteiger partial charge >= 0.3 is 0 Å². The summed E-state index contributed by atoms with van der Waals surface area (Å²) in [4.78, 5) is 11.8. The first-order valence-corrected chi connectivity index (χ1v) is 8.31. The van der Waals surface area contributed by atoms with Crippen LogP contribution in [0.15, 0.2) is 46.9 Å². The first-order chi connectivity index (χ1) is 11.6. The Hall–Kier alpha value is -2.21. The maximum atomic E-state index is 11.8. The number of methoxy groups -OCH3 is 1. The maximum Gasteiger partial charge on any atom is 0.258 e. The van der Waals surface area contributed by atoms with Crippen LogP contribution in [0.25, 0.3) is 0 Å². The van der Waals surface area contributed by atoms with Gasteiger partial charge in [-0.25, -0.2) is 0 Å². The largest absolute Gasteiger partial charge is 0.493 e. The highest BCUT2D eigenvalue weighted by atomic mass is 79.9. The molecule has 0 bridgehead atoms. The first-order valence-electron chi connectivity index (χ1n) is 7.51. The van der Waals surface area contributed by atoms with E-state index < -0.39 is 0 Å². The Bertz CT molecular complexity index is 690. The number of amides is 1. The van der Waals surface area contributed by atoms with Crippen LogP contribution < -0.4 is 19.5 Å². The van der Waals surface area contributed by atoms with Crippen molar-refractivity contribution in [1.82, 2.24) is 5.32 Å². The van der Waals surface area contributed by atoms with Crippen LogP contribution in [-0.2, 0) is 4.79 Å². The molecule has 1 N–H and O–H groups in total. The molecule has 24 heavy (non-hydrogen) atoms. The minimum absolute atomic E-state index is 0.0320. The average molecular weight is 394 g/mol. The molecular weight excluding hydrogens is 374 g/mol. The fourth-order valence-corrected chi connectivity index (χ4v) is 2.24. The van der Waals surface area contributed by atoms with Gasteiger partial charge in [-0.05, 0) is 42.8 Å². The molecule has 0 aliphatic rings. The van der Waals surface area contributed by atoms with E-state index in [1.165, 1.54) is 0 Å². The molecule has 0 fully saturated rings. The van der Waals surface area contributed by atoms with Gasteiger partial charge in [0.05, 0.1) is 13.7 Å². The van der Waals surface area contributed by atoms with Crippen LogP contribution >= 0.6 is 15.9 Å². The lowest BCUT2D eigenvalue weighted by atomic mass is 10.2. The van der Waals surface area contributed by atoms with Gasteiger partial charge in [-0.2, -0.15) is 0 Å². The van der Waals surface area contributed by atoms with Crippen LogP contribution in [0.4, 0.5) is 0 Å². The lowest BCUT2D eigenvalue weighted by Crippen LogP contribution is -2.32. The number of halogens is 1. The van der Waals surface area contributed by atoms with E-state index in [0.29, 0.717) is 30.4 Å². The van der Waals surface area contributed by atoms with Gasteiger partial charge in [0.15, 0.2) is 18.1 Å². The fourth-order valence-electron chi connectivity index (χ4n) is 2.00. The monoisotopic (exact) mass is 393 g/mol. The van der Waals surface area contributed by atoms with Gasteiger partial charge in [0.1, 0.15) is 12.4 Å². The third kappa shape index (κ3) is 5.45. The van der Waals surface area contributed by atoms with Crippen molar-refractivity contribution in [2.75, 3.05) is 26.9 Å². The number of hydrogen-bond donors (Lipinski definition) is 1. The lowest BCUT2D eigenvalue weighted by molar-refractivity contribution is -0.123. The second-order valence-electron chi connectivity index (χ2n) is 5.05. The fraction of sp³-hybridized carbons (Fsp3) is 0.278. The van der Waals surface area contributed by atoms with E-state index in [4.69, 9.17) is 14.2 Å². The number of hydrogen-bond acceptors (Lipinski definition) is 4. The van der Waals surface area contributed by atoms with Crippen molar-refractivity contribution in [3.05, 3.63) is 52.5 Å². The molecule has 0 aromatic heterocycles. The molecule has 0 unspecified atom stereocenters. The highest BCUT2D eigenvalue weighted by Crippen LogP contribution is 2.25. The number of carbonyl (C=O) groups is 1. The normalized spacial score (nSPS) is 10.1. The third-order valence-corrected chi connectivity index (χ3v) is 4.14. The van der Waals surface area contributed by atoms with E-state index in [0.717, 1.165) is 10.0 Å². The van der Waals surface area contributed by atoms with Crippen molar-refractivity contribution in [3.63, 3.8) is 0 Å². The quantitative estimate of drug-likeness (QED) is 0.698. The third-order valence-electron chi connectivity index (χ3n) is 3.25. The minimum Gasteiger partial charge on any atom is -0.493 e. The molecule has 6 heteroatoms. The van der Waals surface area contributed by atoms with Crippen molar-refractivity contribution in [2.24, 2.45) is 0 Å². The summed E-state index contributed by atoms with van der Waals surface area (Å²) in [6, 6.07) is 13.0. The smallest absolute Gasteiger partial charge is 0.258 e. The molecule has 0 saturated carbocycles. The van der Waals surface area contributed by atoms with Gasteiger partial charge < -0.3 is 19.5 Å². The summed E-state index contributed by atoms with van der Waals surface area (Å²) in [5.41, 5.74) is 1.05. The van der Waals surface area contributed by atoms with Crippen LogP contribution in [0.1, 0.15) is 5.56 Å². The summed E-state index contributed by atoms with van der Waals surface area (Å²) in [6.45, 7) is 2.67. The van der Waals surface area contributed by atoms with Crippen LogP contribution in [-0.4, -0.2) is 32.8 Å². The van der Waals surface area contributed by atoms with E-state index in [-0.39, 0.29) is 12.5 Å². The predicted octanol–water partition coefficient (Wildman–Crippen LogP) is 3.34. The summed E-state index contributed by atoms with van der Waals surface area (Å²) in [6.07, 6.45) is 0. The molecule has 2 aromatic carbocycles. The predicted molar refractivity (Wildman–Crippen MR) is 95.9 cm³/mol. The number of nitrogens with one attached hydrogen (secondary N) is 1. The second kappa shape index (κ2) is 9.17. The van der Waals surface area contributed by atoms with Crippen LogP contribution in [0.5, 0.6) is 17.2 Å². The number of benzene rings is 2. The van der Waals surface area contributed by atoms with Crippen LogP contribution in [0.3, 0.4) is 0 Å². The highest BCUT2D eigenvalue weighted by Gasteiger charge is 2.05. The minimum atomic E-state index is -0.195. The number of rotatable bonds is 8. The van der Waals surface area contributed by atoms with Crippen molar-refractivity contribution in [3.8, 4) is 17.2 Å². The summed E-state index contributed by atoms with van der Waals surface area (Å²) in [5, 5.41) is 2.75. The molecule has 128 valence electrons. The van der Waals surface area contributed by atoms with Crippen LogP contribution in [0.2, 0.25) is 0 Å². The van der Waals surface area contributed by atoms with Crippen LogP contribution in [0, 0.1) is 6.92 Å². The van der Waals surface area contributed by atoms with Crippen molar-refractivity contribution in [2.45, 2.75) is 6.92 Å². The second-order valence-corrected chi connectivity index (χ2v) is 5.90. The Kier molecular flexibility index (Phi) is 6.93. The molecule has 0 saturated heterocycles. The zero-order valence-electron chi connectivity index (χ0n) is 13.7. The maximum absolute atomic E-state index is 11.8. The topological polar surface area (TPSA) is 56.8 Å². The average Bonchev–Trinajstić information content (AvgIpc) is 2.60. The summed E-state index contributed by atoms with van der Waals surface area (Å²) in [5.74, 6) is 1.78. The van der Waals surface area contributed by atoms with Gasteiger partial charge in [-0.15, -0.1) is 0 Å². The zero-order valence-corrected chi connectivity index (χ0v) is 15.3. The number of aryl methyl sites for hydroxylation is 1. The SMILES string of the molecule is COc1ccccc1OCCNC(=O)COc1ccc(Br)c(C)c1. The van der Waals surface area contributed by atoms with E-state index in [1.54, 1.807) is 7.11 Å². The van der Waals surface area contributed by atoms with Gasteiger partial charge in [0, 0.05) is 4.47 Å². The highest BCUT2D eigenvalue weighted by molar-refractivity contribution is 9.10. The Morgan fingerprint density at radius 3 is 2.58 bits per heavy atom. The number of carbonyl (C=O) groups excluding carboxylic acids is 1. The van der Waals surface area contributed by atoms with E-state index in [2.05, 4.69) is 21.2 Å². The zero-order chi connectivity index (χ0) is 17.4. The van der Waals surface area contributed by atoms with Crippen molar-refractivity contribution < 1.29 is 19.0 Å². The van der Waals surface area contributed by atoms with Gasteiger partial charge in [0.2, 0.25) is 0 Å². The van der Waals surface area contributed by atoms with E-state index in [1.807, 2.05) is 49.4 Å². The molecule has 0 atom stereocenters. The Balaban J connectivity index is 1.69. The van der Waals surface area contributed by atoms with E-state index >= 15 is 0 Å². The summed E-state index contributed by atoms with van der Waals surface area (Å²) in [7, 11) is 1.59. The summed E-state index contributed by atoms with van der Waals surface area (Å²) < 4.78 is 17.2. The molecule has 2 aromatic rings. The Morgan fingerprint density at radius 2 is 1.88 bits per heavy atom.